The first kappa shape index (κ1) is 21.1. The Hall–Kier alpha value is -2.57. The summed E-state index contributed by atoms with van der Waals surface area (Å²) in [5.74, 6) is -0.914. The Morgan fingerprint density at radius 3 is 2.86 bits per heavy atom. The molecule has 0 amide bonds. The fourth-order valence-corrected chi connectivity index (χ4v) is 4.46. The van der Waals surface area contributed by atoms with Crippen molar-refractivity contribution in [3.8, 4) is 0 Å². The molecule has 2 N–H and O–H groups in total. The number of allylic oxidation sites excluding steroid dienone is 5. The molecule has 0 saturated carbocycles. The molecule has 0 spiro atoms. The minimum Gasteiger partial charge on any atom is -0.481 e. The molecule has 1 aliphatic carbocycles. The van der Waals surface area contributed by atoms with Gasteiger partial charge >= 0.3 is 5.97 Å². The highest BCUT2D eigenvalue weighted by Crippen LogP contribution is 2.34. The maximum atomic E-state index is 12.3. The fourth-order valence-electron chi connectivity index (χ4n) is 3.53. The van der Waals surface area contributed by atoms with E-state index >= 15 is 0 Å². The third-order valence-electron chi connectivity index (χ3n) is 5.08. The van der Waals surface area contributed by atoms with Gasteiger partial charge in [-0.3, -0.25) is 9.59 Å². The number of fused-ring (bicyclic) bond motifs is 1. The van der Waals surface area contributed by atoms with Crippen LogP contribution in [0.5, 0.6) is 0 Å². The highest BCUT2D eigenvalue weighted by molar-refractivity contribution is 7.18. The molecule has 0 fully saturated rings. The van der Waals surface area contributed by atoms with E-state index in [1.165, 1.54) is 11.3 Å². The summed E-state index contributed by atoms with van der Waals surface area (Å²) in [6, 6.07) is 7.78. The van der Waals surface area contributed by atoms with Crippen molar-refractivity contribution in [1.82, 2.24) is 4.98 Å². The number of hydrogen-bond acceptors (Lipinski definition) is 5. The van der Waals surface area contributed by atoms with Gasteiger partial charge in [0.05, 0.1) is 10.2 Å². The minimum absolute atomic E-state index is 0.0461. The van der Waals surface area contributed by atoms with Crippen molar-refractivity contribution in [3.05, 3.63) is 65.2 Å². The summed E-state index contributed by atoms with van der Waals surface area (Å²) in [5, 5.41) is 19.8. The summed E-state index contributed by atoms with van der Waals surface area (Å²) in [6.45, 7) is 1.94. The van der Waals surface area contributed by atoms with Crippen LogP contribution in [0.15, 0.2) is 60.2 Å². The average Bonchev–Trinajstić information content (AvgIpc) is 3.23. The molecule has 3 rings (SSSR count). The molecule has 0 bridgehead atoms. The zero-order chi connectivity index (χ0) is 20.8. The minimum atomic E-state index is -0.803. The average molecular weight is 412 g/mol. The first-order valence-corrected chi connectivity index (χ1v) is 10.6. The van der Waals surface area contributed by atoms with Crippen LogP contribution in [0.1, 0.15) is 43.7 Å². The first-order valence-electron chi connectivity index (χ1n) is 9.76. The first-order chi connectivity index (χ1) is 14.0. The van der Waals surface area contributed by atoms with E-state index in [2.05, 4.69) is 4.98 Å². The number of nitrogens with zero attached hydrogens (tertiary/aromatic N) is 1. The second-order valence-corrected chi connectivity index (χ2v) is 8.33. The van der Waals surface area contributed by atoms with Gasteiger partial charge in [-0.05, 0) is 44.4 Å². The predicted molar refractivity (Wildman–Crippen MR) is 115 cm³/mol. The number of unbranched alkanes of at least 4 members (excludes halogenated alkanes) is 1. The zero-order valence-electron chi connectivity index (χ0n) is 16.3. The number of rotatable bonds is 9. The number of aliphatic hydroxyl groups is 1. The normalized spacial score (nSPS) is 20.8. The summed E-state index contributed by atoms with van der Waals surface area (Å²) in [6.07, 6.45) is 10.5. The third-order valence-corrected chi connectivity index (χ3v) is 6.18. The lowest BCUT2D eigenvalue weighted by atomic mass is 9.87. The molecule has 1 aliphatic rings. The number of carboxylic acid groups (broad SMARTS) is 1. The van der Waals surface area contributed by atoms with E-state index < -0.39 is 12.1 Å². The number of ketones is 1. The van der Waals surface area contributed by atoms with Crippen LogP contribution in [0.4, 0.5) is 0 Å². The third kappa shape index (κ3) is 5.49. The van der Waals surface area contributed by atoms with Crippen LogP contribution in [0, 0.1) is 11.8 Å². The SMILES string of the molecule is CC1=CC(=O)[C@H](CC=CCCCC(=O)O)[C@H]1C=CC(O)c1nc2ccccc2s1. The number of aliphatic carboxylic acids is 1. The van der Waals surface area contributed by atoms with Crippen molar-refractivity contribution < 1.29 is 19.8 Å². The number of carboxylic acids is 1. The van der Waals surface area contributed by atoms with Gasteiger partial charge in [0.1, 0.15) is 11.1 Å². The largest absolute Gasteiger partial charge is 0.481 e. The van der Waals surface area contributed by atoms with Crippen LogP contribution in [-0.2, 0) is 9.59 Å². The van der Waals surface area contributed by atoms with Crippen LogP contribution in [0.2, 0.25) is 0 Å². The molecule has 1 unspecified atom stereocenters. The summed E-state index contributed by atoms with van der Waals surface area (Å²) in [4.78, 5) is 27.4. The van der Waals surface area contributed by atoms with Crippen molar-refractivity contribution in [3.63, 3.8) is 0 Å². The van der Waals surface area contributed by atoms with Crippen LogP contribution in [0.3, 0.4) is 0 Å². The second-order valence-electron chi connectivity index (χ2n) is 7.27. The summed E-state index contributed by atoms with van der Waals surface area (Å²) in [7, 11) is 0. The lowest BCUT2D eigenvalue weighted by Gasteiger charge is -2.16. The smallest absolute Gasteiger partial charge is 0.303 e. The van der Waals surface area contributed by atoms with Crippen molar-refractivity contribution >= 4 is 33.3 Å². The lowest BCUT2D eigenvalue weighted by Crippen LogP contribution is -2.15. The molecule has 2 aromatic rings. The summed E-state index contributed by atoms with van der Waals surface area (Å²) >= 11 is 1.47. The summed E-state index contributed by atoms with van der Waals surface area (Å²) < 4.78 is 1.04. The Labute approximate surface area is 174 Å². The highest BCUT2D eigenvalue weighted by atomic mass is 32.1. The van der Waals surface area contributed by atoms with E-state index in [-0.39, 0.29) is 24.0 Å². The van der Waals surface area contributed by atoms with Crippen molar-refractivity contribution in [2.24, 2.45) is 11.8 Å². The predicted octanol–water partition coefficient (Wildman–Crippen LogP) is 4.85. The zero-order valence-corrected chi connectivity index (χ0v) is 17.1. The Kier molecular flexibility index (Phi) is 7.12. The standard InChI is InChI=1S/C23H25NO4S/c1-15-14-20(26)17(8-4-2-3-5-11-22(27)28)16(15)12-13-19(25)23-24-18-9-6-7-10-21(18)29-23/h2,4,6-7,9-10,12-14,16-17,19,25H,3,5,8,11H2,1H3,(H,27,28)/t16-,17+,19?/m0/s1. The topological polar surface area (TPSA) is 87.5 Å². The van der Waals surface area contributed by atoms with Crippen molar-refractivity contribution in [1.29, 1.82) is 0 Å². The van der Waals surface area contributed by atoms with Gasteiger partial charge < -0.3 is 10.2 Å². The number of aromatic nitrogens is 1. The molecule has 0 saturated heterocycles. The molecule has 1 heterocycles. The number of carbonyl (C=O) groups is 2. The number of benzene rings is 1. The van der Waals surface area contributed by atoms with E-state index in [1.54, 1.807) is 12.2 Å². The molecular formula is C23H25NO4S. The number of carbonyl (C=O) groups excluding carboxylic acids is 1. The molecule has 5 nitrogen and oxygen atoms in total. The molecule has 29 heavy (non-hydrogen) atoms. The van der Waals surface area contributed by atoms with Crippen molar-refractivity contribution in [2.75, 3.05) is 0 Å². The van der Waals surface area contributed by atoms with Gasteiger partial charge in [-0.25, -0.2) is 4.98 Å². The van der Waals surface area contributed by atoms with Gasteiger partial charge in [0, 0.05) is 18.3 Å². The van der Waals surface area contributed by atoms with Crippen LogP contribution in [-0.4, -0.2) is 26.9 Å². The van der Waals surface area contributed by atoms with E-state index in [0.29, 0.717) is 24.3 Å². The van der Waals surface area contributed by atoms with E-state index in [4.69, 9.17) is 5.11 Å². The number of thiazole rings is 1. The van der Waals surface area contributed by atoms with E-state index in [9.17, 15) is 14.7 Å². The van der Waals surface area contributed by atoms with Crippen LogP contribution in [0.25, 0.3) is 10.2 Å². The maximum absolute atomic E-state index is 12.3. The van der Waals surface area contributed by atoms with Crippen LogP contribution < -0.4 is 0 Å². The summed E-state index contributed by atoms with van der Waals surface area (Å²) in [5.41, 5.74) is 1.87. The van der Waals surface area contributed by atoms with Gasteiger partial charge in [-0.2, -0.15) is 0 Å². The number of para-hydroxylation sites is 1. The molecule has 152 valence electrons. The molecule has 0 radical (unpaired) electrons. The molecular weight excluding hydrogens is 386 g/mol. The highest BCUT2D eigenvalue weighted by Gasteiger charge is 2.31. The Morgan fingerprint density at radius 1 is 1.31 bits per heavy atom. The maximum Gasteiger partial charge on any atom is 0.303 e. The van der Waals surface area contributed by atoms with E-state index in [1.807, 2.05) is 49.4 Å². The van der Waals surface area contributed by atoms with Gasteiger partial charge in [0.2, 0.25) is 0 Å². The molecule has 1 aromatic carbocycles. The number of aliphatic hydroxyl groups excluding tert-OH is 1. The van der Waals surface area contributed by atoms with Crippen LogP contribution >= 0.6 is 11.3 Å². The van der Waals surface area contributed by atoms with Gasteiger partial charge in [0.25, 0.3) is 0 Å². The van der Waals surface area contributed by atoms with Gasteiger partial charge in [-0.1, -0.05) is 42.0 Å². The Bertz CT molecular complexity index is 939. The van der Waals surface area contributed by atoms with Gasteiger partial charge in [0.15, 0.2) is 5.78 Å². The molecule has 6 heteroatoms. The second kappa shape index (κ2) is 9.76. The Balaban J connectivity index is 1.62. The molecule has 1 aromatic heterocycles. The molecule has 3 atom stereocenters. The fraction of sp³-hybridized carbons (Fsp3) is 0.348. The monoisotopic (exact) mass is 411 g/mol. The van der Waals surface area contributed by atoms with Crippen molar-refractivity contribution in [2.45, 2.75) is 38.7 Å². The quantitative estimate of drug-likeness (QED) is 0.455. The van der Waals surface area contributed by atoms with Gasteiger partial charge in [-0.15, -0.1) is 11.3 Å². The lowest BCUT2D eigenvalue weighted by molar-refractivity contribution is -0.137. The van der Waals surface area contributed by atoms with E-state index in [0.717, 1.165) is 15.8 Å². The number of hydrogen-bond donors (Lipinski definition) is 2. The Morgan fingerprint density at radius 2 is 2.10 bits per heavy atom. The molecule has 0 aliphatic heterocycles.